The van der Waals surface area contributed by atoms with Gasteiger partial charge in [0.25, 0.3) is 0 Å². The summed E-state index contributed by atoms with van der Waals surface area (Å²) in [6.45, 7) is 8.60. The Morgan fingerprint density at radius 1 is 1.45 bits per heavy atom. The summed E-state index contributed by atoms with van der Waals surface area (Å²) >= 11 is 0. The van der Waals surface area contributed by atoms with Crippen molar-refractivity contribution in [3.8, 4) is 5.75 Å². The van der Waals surface area contributed by atoms with Gasteiger partial charge in [-0.1, -0.05) is 19.9 Å². The van der Waals surface area contributed by atoms with Crippen molar-refractivity contribution in [2.24, 2.45) is 5.41 Å². The van der Waals surface area contributed by atoms with E-state index in [-0.39, 0.29) is 5.56 Å². The van der Waals surface area contributed by atoms with Gasteiger partial charge in [0.15, 0.2) is 0 Å². The Labute approximate surface area is 120 Å². The molecule has 0 amide bonds. The molecule has 4 heteroatoms. The highest BCUT2D eigenvalue weighted by molar-refractivity contribution is 5.87. The van der Waals surface area contributed by atoms with E-state index < -0.39 is 5.97 Å². The highest BCUT2D eigenvalue weighted by Gasteiger charge is 2.28. The van der Waals surface area contributed by atoms with Crippen LogP contribution in [-0.2, 0) is 0 Å². The SMILES string of the molecule is CC1(C)CCN(CCCOc2cccc(C(=O)O)c2)C1. The van der Waals surface area contributed by atoms with Crippen LogP contribution in [0.15, 0.2) is 24.3 Å². The predicted octanol–water partition coefficient (Wildman–Crippen LogP) is 2.89. The quantitative estimate of drug-likeness (QED) is 0.812. The molecule has 110 valence electrons. The Kier molecular flexibility index (Phi) is 4.65. The van der Waals surface area contributed by atoms with Crippen molar-refractivity contribution < 1.29 is 14.6 Å². The minimum atomic E-state index is -0.922. The third-order valence-electron chi connectivity index (χ3n) is 3.72. The smallest absolute Gasteiger partial charge is 0.335 e. The molecule has 0 saturated carbocycles. The fourth-order valence-corrected chi connectivity index (χ4v) is 2.61. The summed E-state index contributed by atoms with van der Waals surface area (Å²) in [6, 6.07) is 6.65. The van der Waals surface area contributed by atoms with Crippen LogP contribution in [-0.4, -0.2) is 42.2 Å². The van der Waals surface area contributed by atoms with Crippen LogP contribution in [0.5, 0.6) is 5.75 Å². The summed E-state index contributed by atoms with van der Waals surface area (Å²) < 4.78 is 5.62. The number of hydrogen-bond donors (Lipinski definition) is 1. The number of carboxylic acid groups (broad SMARTS) is 1. The number of rotatable bonds is 6. The lowest BCUT2D eigenvalue weighted by molar-refractivity contribution is 0.0696. The van der Waals surface area contributed by atoms with E-state index >= 15 is 0 Å². The van der Waals surface area contributed by atoms with E-state index in [1.54, 1.807) is 24.3 Å². The molecule has 0 atom stereocenters. The molecule has 1 aliphatic rings. The molecule has 0 aromatic heterocycles. The maximum absolute atomic E-state index is 10.9. The zero-order valence-corrected chi connectivity index (χ0v) is 12.3. The van der Waals surface area contributed by atoms with E-state index in [0.29, 0.717) is 17.8 Å². The molecule has 0 bridgehead atoms. The van der Waals surface area contributed by atoms with Gasteiger partial charge in [-0.3, -0.25) is 0 Å². The summed E-state index contributed by atoms with van der Waals surface area (Å²) in [7, 11) is 0. The van der Waals surface area contributed by atoms with E-state index in [2.05, 4.69) is 18.7 Å². The standard InChI is InChI=1S/C16H23NO3/c1-16(2)7-9-17(12-16)8-4-10-20-14-6-3-5-13(11-14)15(18)19/h3,5-6,11H,4,7-10,12H2,1-2H3,(H,18,19). The highest BCUT2D eigenvalue weighted by Crippen LogP contribution is 2.28. The van der Waals surface area contributed by atoms with Crippen molar-refractivity contribution >= 4 is 5.97 Å². The predicted molar refractivity (Wildman–Crippen MR) is 78.4 cm³/mol. The van der Waals surface area contributed by atoms with Crippen molar-refractivity contribution in [3.63, 3.8) is 0 Å². The van der Waals surface area contributed by atoms with Gasteiger partial charge >= 0.3 is 5.97 Å². The Morgan fingerprint density at radius 3 is 2.90 bits per heavy atom. The second-order valence-corrected chi connectivity index (χ2v) is 6.23. The van der Waals surface area contributed by atoms with E-state index in [0.717, 1.165) is 19.5 Å². The maximum atomic E-state index is 10.9. The van der Waals surface area contributed by atoms with Gasteiger partial charge in [-0.05, 0) is 43.0 Å². The molecule has 1 aromatic rings. The number of aromatic carboxylic acids is 1. The molecule has 1 N–H and O–H groups in total. The van der Waals surface area contributed by atoms with Gasteiger partial charge in [-0.2, -0.15) is 0 Å². The maximum Gasteiger partial charge on any atom is 0.335 e. The minimum absolute atomic E-state index is 0.267. The van der Waals surface area contributed by atoms with Gasteiger partial charge < -0.3 is 14.7 Å². The van der Waals surface area contributed by atoms with Crippen LogP contribution in [0.25, 0.3) is 0 Å². The molecule has 1 saturated heterocycles. The van der Waals surface area contributed by atoms with E-state index in [1.807, 2.05) is 0 Å². The molecular formula is C16H23NO3. The monoisotopic (exact) mass is 277 g/mol. The lowest BCUT2D eigenvalue weighted by Crippen LogP contribution is -2.25. The molecule has 1 heterocycles. The first-order chi connectivity index (χ1) is 9.46. The van der Waals surface area contributed by atoms with Crippen LogP contribution in [0.3, 0.4) is 0 Å². The van der Waals surface area contributed by atoms with E-state index in [4.69, 9.17) is 9.84 Å². The third-order valence-corrected chi connectivity index (χ3v) is 3.72. The first-order valence-electron chi connectivity index (χ1n) is 7.15. The van der Waals surface area contributed by atoms with Gasteiger partial charge in [-0.25, -0.2) is 4.79 Å². The first-order valence-corrected chi connectivity index (χ1v) is 7.15. The molecule has 20 heavy (non-hydrogen) atoms. The van der Waals surface area contributed by atoms with Crippen molar-refractivity contribution in [2.75, 3.05) is 26.2 Å². The summed E-state index contributed by atoms with van der Waals surface area (Å²) in [5, 5.41) is 8.91. The average Bonchev–Trinajstić information content (AvgIpc) is 2.75. The molecule has 1 aromatic carbocycles. The summed E-state index contributed by atoms with van der Waals surface area (Å²) in [4.78, 5) is 13.3. The second kappa shape index (κ2) is 6.27. The third kappa shape index (κ3) is 4.23. The topological polar surface area (TPSA) is 49.8 Å². The highest BCUT2D eigenvalue weighted by atomic mass is 16.5. The minimum Gasteiger partial charge on any atom is -0.494 e. The van der Waals surface area contributed by atoms with Crippen LogP contribution < -0.4 is 4.74 Å². The van der Waals surface area contributed by atoms with Crippen molar-refractivity contribution in [2.45, 2.75) is 26.7 Å². The number of hydrogen-bond acceptors (Lipinski definition) is 3. The van der Waals surface area contributed by atoms with Gasteiger partial charge in [0.1, 0.15) is 5.75 Å². The summed E-state index contributed by atoms with van der Waals surface area (Å²) in [5.74, 6) is -0.290. The molecule has 1 fully saturated rings. The number of ether oxygens (including phenoxy) is 1. The largest absolute Gasteiger partial charge is 0.494 e. The van der Waals surface area contributed by atoms with E-state index in [1.165, 1.54) is 13.0 Å². The molecule has 0 radical (unpaired) electrons. The summed E-state index contributed by atoms with van der Waals surface area (Å²) in [5.41, 5.74) is 0.709. The second-order valence-electron chi connectivity index (χ2n) is 6.23. The summed E-state index contributed by atoms with van der Waals surface area (Å²) in [6.07, 6.45) is 2.22. The lowest BCUT2D eigenvalue weighted by Gasteiger charge is -2.19. The molecular weight excluding hydrogens is 254 g/mol. The number of likely N-dealkylation sites (tertiary alicyclic amines) is 1. The van der Waals surface area contributed by atoms with Crippen LogP contribution in [0.1, 0.15) is 37.0 Å². The average molecular weight is 277 g/mol. The molecule has 1 aliphatic heterocycles. The van der Waals surface area contributed by atoms with Crippen LogP contribution in [0.2, 0.25) is 0 Å². The number of benzene rings is 1. The van der Waals surface area contributed by atoms with Crippen LogP contribution in [0.4, 0.5) is 0 Å². The molecule has 4 nitrogen and oxygen atoms in total. The Balaban J connectivity index is 1.71. The zero-order chi connectivity index (χ0) is 14.6. The number of carboxylic acids is 1. The van der Waals surface area contributed by atoms with Gasteiger partial charge in [0.2, 0.25) is 0 Å². The Morgan fingerprint density at radius 2 is 2.25 bits per heavy atom. The van der Waals surface area contributed by atoms with Gasteiger partial charge in [-0.15, -0.1) is 0 Å². The molecule has 0 unspecified atom stereocenters. The first kappa shape index (κ1) is 14.9. The normalized spacial score (nSPS) is 18.1. The fraction of sp³-hybridized carbons (Fsp3) is 0.562. The zero-order valence-electron chi connectivity index (χ0n) is 12.3. The van der Waals surface area contributed by atoms with Crippen LogP contribution in [0, 0.1) is 5.41 Å². The molecule has 2 rings (SSSR count). The lowest BCUT2D eigenvalue weighted by atomic mass is 9.93. The van der Waals surface area contributed by atoms with Crippen molar-refractivity contribution in [1.29, 1.82) is 0 Å². The Bertz CT molecular complexity index is 471. The van der Waals surface area contributed by atoms with Gasteiger partial charge in [0.05, 0.1) is 12.2 Å². The number of carbonyl (C=O) groups is 1. The van der Waals surface area contributed by atoms with Gasteiger partial charge in [0, 0.05) is 13.1 Å². The Hall–Kier alpha value is -1.55. The van der Waals surface area contributed by atoms with E-state index in [9.17, 15) is 4.79 Å². The van der Waals surface area contributed by atoms with Crippen molar-refractivity contribution in [3.05, 3.63) is 29.8 Å². The fourth-order valence-electron chi connectivity index (χ4n) is 2.61. The van der Waals surface area contributed by atoms with Crippen LogP contribution >= 0.6 is 0 Å². The number of nitrogens with zero attached hydrogens (tertiary/aromatic N) is 1. The molecule has 0 aliphatic carbocycles. The molecule has 0 spiro atoms. The van der Waals surface area contributed by atoms with Crippen molar-refractivity contribution in [1.82, 2.24) is 4.90 Å².